The molecule has 1 atom stereocenters. The van der Waals surface area contributed by atoms with Crippen molar-refractivity contribution in [3.63, 3.8) is 0 Å². The number of aromatic nitrogens is 3. The van der Waals surface area contributed by atoms with E-state index in [-0.39, 0.29) is 23.7 Å². The van der Waals surface area contributed by atoms with Crippen LogP contribution in [0.3, 0.4) is 0 Å². The van der Waals surface area contributed by atoms with E-state index in [0.717, 1.165) is 18.2 Å². The zero-order valence-electron chi connectivity index (χ0n) is 16.2. The molecule has 2 aromatic carbocycles. The van der Waals surface area contributed by atoms with Gasteiger partial charge >= 0.3 is 12.4 Å². The van der Waals surface area contributed by atoms with Gasteiger partial charge in [0.25, 0.3) is 0 Å². The Hall–Kier alpha value is -3.08. The summed E-state index contributed by atoms with van der Waals surface area (Å²) in [4.78, 5) is 0. The van der Waals surface area contributed by atoms with Gasteiger partial charge in [0.15, 0.2) is 5.82 Å². The monoisotopic (exact) mass is 443 g/mol. The van der Waals surface area contributed by atoms with Crippen molar-refractivity contribution in [1.82, 2.24) is 14.8 Å². The SMILES string of the molecule is COc1cccc([C@H]2OCc3nnc(C(F)(F)F)n3-c3ccc(C(F)(F)F)cc32)c1C. The quantitative estimate of drug-likeness (QED) is 0.509. The molecule has 164 valence electrons. The predicted molar refractivity (Wildman–Crippen MR) is 95.7 cm³/mol. The highest BCUT2D eigenvalue weighted by atomic mass is 19.4. The summed E-state index contributed by atoms with van der Waals surface area (Å²) in [6.45, 7) is 1.30. The third kappa shape index (κ3) is 3.62. The topological polar surface area (TPSA) is 49.2 Å². The fourth-order valence-electron chi connectivity index (χ4n) is 3.63. The third-order valence-corrected chi connectivity index (χ3v) is 5.07. The third-order valence-electron chi connectivity index (χ3n) is 5.07. The van der Waals surface area contributed by atoms with Gasteiger partial charge in [0.2, 0.25) is 5.82 Å². The summed E-state index contributed by atoms with van der Waals surface area (Å²) in [5, 5.41) is 6.75. The van der Waals surface area contributed by atoms with Crippen molar-refractivity contribution < 1.29 is 35.8 Å². The minimum absolute atomic E-state index is 0.0878. The smallest absolute Gasteiger partial charge is 0.452 e. The molecule has 0 spiro atoms. The number of benzene rings is 2. The molecule has 0 N–H and O–H groups in total. The minimum atomic E-state index is -4.86. The van der Waals surface area contributed by atoms with Crippen molar-refractivity contribution in [1.29, 1.82) is 0 Å². The summed E-state index contributed by atoms with van der Waals surface area (Å²) in [6, 6.07) is 7.43. The Bertz CT molecular complexity index is 1140. The van der Waals surface area contributed by atoms with Gasteiger partial charge < -0.3 is 9.47 Å². The molecule has 3 aromatic rings. The highest BCUT2D eigenvalue weighted by Crippen LogP contribution is 2.42. The molecule has 0 aliphatic carbocycles. The number of halogens is 6. The van der Waals surface area contributed by atoms with Crippen LogP contribution in [0, 0.1) is 6.92 Å². The lowest BCUT2D eigenvalue weighted by Gasteiger charge is -2.23. The number of alkyl halides is 6. The van der Waals surface area contributed by atoms with Crippen molar-refractivity contribution in [3.05, 3.63) is 70.3 Å². The van der Waals surface area contributed by atoms with Crippen LogP contribution in [-0.4, -0.2) is 21.9 Å². The average molecular weight is 443 g/mol. The maximum atomic E-state index is 13.5. The first kappa shape index (κ1) is 21.2. The van der Waals surface area contributed by atoms with Crippen LogP contribution in [0.2, 0.25) is 0 Å². The van der Waals surface area contributed by atoms with Crippen molar-refractivity contribution >= 4 is 0 Å². The van der Waals surface area contributed by atoms with Crippen LogP contribution < -0.4 is 4.74 Å². The number of methoxy groups -OCH3 is 1. The molecule has 0 fully saturated rings. The largest absolute Gasteiger partial charge is 0.496 e. The molecule has 1 aliphatic heterocycles. The Kier molecular flexibility index (Phi) is 4.95. The van der Waals surface area contributed by atoms with E-state index < -0.39 is 29.8 Å². The molecule has 5 nitrogen and oxygen atoms in total. The molecular formula is C20H15F6N3O2. The molecule has 0 amide bonds. The van der Waals surface area contributed by atoms with Gasteiger partial charge in [-0.15, -0.1) is 10.2 Å². The van der Waals surface area contributed by atoms with Crippen LogP contribution in [0.5, 0.6) is 5.75 Å². The molecule has 0 radical (unpaired) electrons. The van der Waals surface area contributed by atoms with E-state index in [1.54, 1.807) is 25.1 Å². The van der Waals surface area contributed by atoms with Crippen LogP contribution in [0.15, 0.2) is 36.4 Å². The van der Waals surface area contributed by atoms with E-state index in [9.17, 15) is 26.3 Å². The second-order valence-electron chi connectivity index (χ2n) is 6.91. The maximum Gasteiger partial charge on any atom is 0.452 e. The van der Waals surface area contributed by atoms with Crippen LogP contribution in [0.1, 0.15) is 40.0 Å². The molecular weight excluding hydrogens is 428 g/mol. The summed E-state index contributed by atoms with van der Waals surface area (Å²) in [5.41, 5.74) is -0.176. The lowest BCUT2D eigenvalue weighted by atomic mass is 9.94. The standard InChI is InChI=1S/C20H15F6N3O2/c1-10-12(4-3-5-15(10)30-2)17-13-8-11(19(21,22)23)6-7-14(13)29-16(9-31-17)27-28-18(29)20(24,25)26/h3-8,17H,9H2,1-2H3/t17-/m1/s1. The molecule has 1 aromatic heterocycles. The van der Waals surface area contributed by atoms with Gasteiger partial charge in [0.05, 0.1) is 18.4 Å². The fraction of sp³-hybridized carbons (Fsp3) is 0.300. The molecule has 1 aliphatic rings. The molecule has 0 unspecified atom stereocenters. The van der Waals surface area contributed by atoms with Gasteiger partial charge in [-0.3, -0.25) is 4.57 Å². The first-order valence-corrected chi connectivity index (χ1v) is 9.00. The Morgan fingerprint density at radius 2 is 1.74 bits per heavy atom. The summed E-state index contributed by atoms with van der Waals surface area (Å²) >= 11 is 0. The highest BCUT2D eigenvalue weighted by Gasteiger charge is 2.42. The van der Waals surface area contributed by atoms with E-state index in [0.29, 0.717) is 21.4 Å². The average Bonchev–Trinajstić information content (AvgIpc) is 3.06. The van der Waals surface area contributed by atoms with Crippen LogP contribution >= 0.6 is 0 Å². The van der Waals surface area contributed by atoms with Crippen LogP contribution in [-0.2, 0) is 23.7 Å². The Morgan fingerprint density at radius 3 is 2.39 bits per heavy atom. The number of ether oxygens (including phenoxy) is 2. The molecule has 11 heteroatoms. The van der Waals surface area contributed by atoms with Crippen LogP contribution in [0.25, 0.3) is 5.69 Å². The summed E-state index contributed by atoms with van der Waals surface area (Å²) in [6.07, 6.45) is -10.6. The number of hydrogen-bond donors (Lipinski definition) is 0. The molecule has 31 heavy (non-hydrogen) atoms. The van der Waals surface area contributed by atoms with E-state index >= 15 is 0 Å². The molecule has 0 saturated heterocycles. The van der Waals surface area contributed by atoms with Gasteiger partial charge in [-0.05, 0) is 42.3 Å². The highest BCUT2D eigenvalue weighted by molar-refractivity contribution is 5.53. The minimum Gasteiger partial charge on any atom is -0.496 e. The van der Waals surface area contributed by atoms with E-state index in [2.05, 4.69) is 10.2 Å². The van der Waals surface area contributed by atoms with E-state index in [4.69, 9.17) is 9.47 Å². The van der Waals surface area contributed by atoms with Gasteiger partial charge in [0, 0.05) is 5.56 Å². The summed E-state index contributed by atoms with van der Waals surface area (Å²) in [5.74, 6) is -1.04. The Morgan fingerprint density at radius 1 is 1.00 bits per heavy atom. The lowest BCUT2D eigenvalue weighted by Crippen LogP contribution is -2.17. The van der Waals surface area contributed by atoms with Gasteiger partial charge in [-0.25, -0.2) is 0 Å². The van der Waals surface area contributed by atoms with Crippen molar-refractivity contribution in [3.8, 4) is 11.4 Å². The Labute approximate surface area is 172 Å². The van der Waals surface area contributed by atoms with Gasteiger partial charge in [-0.1, -0.05) is 12.1 Å². The fourth-order valence-corrected chi connectivity index (χ4v) is 3.63. The lowest BCUT2D eigenvalue weighted by molar-refractivity contribution is -0.146. The van der Waals surface area contributed by atoms with Crippen LogP contribution in [0.4, 0.5) is 26.3 Å². The summed E-state index contributed by atoms with van der Waals surface area (Å²) in [7, 11) is 1.44. The number of fused-ring (bicyclic) bond motifs is 3. The van der Waals surface area contributed by atoms with E-state index in [1.807, 2.05) is 0 Å². The predicted octanol–water partition coefficient (Wildman–Crippen LogP) is 5.24. The second kappa shape index (κ2) is 7.26. The van der Waals surface area contributed by atoms with Crippen molar-refractivity contribution in [2.24, 2.45) is 0 Å². The molecule has 0 bridgehead atoms. The van der Waals surface area contributed by atoms with Gasteiger partial charge in [-0.2, -0.15) is 26.3 Å². The molecule has 0 saturated carbocycles. The maximum absolute atomic E-state index is 13.5. The number of hydrogen-bond acceptors (Lipinski definition) is 4. The zero-order valence-corrected chi connectivity index (χ0v) is 16.2. The zero-order chi connectivity index (χ0) is 22.6. The second-order valence-corrected chi connectivity index (χ2v) is 6.91. The van der Waals surface area contributed by atoms with E-state index in [1.165, 1.54) is 7.11 Å². The van der Waals surface area contributed by atoms with Crippen molar-refractivity contribution in [2.75, 3.05) is 7.11 Å². The summed E-state index contributed by atoms with van der Waals surface area (Å²) < 4.78 is 92.6. The normalized spacial score (nSPS) is 16.5. The van der Waals surface area contributed by atoms with Crippen molar-refractivity contribution in [2.45, 2.75) is 32.0 Å². The number of rotatable bonds is 2. The Balaban J connectivity index is 2.00. The molecule has 2 heterocycles. The number of nitrogens with zero attached hydrogens (tertiary/aromatic N) is 3. The molecule has 4 rings (SSSR count). The first-order valence-electron chi connectivity index (χ1n) is 9.00. The van der Waals surface area contributed by atoms with Gasteiger partial charge in [0.1, 0.15) is 18.5 Å². The first-order chi connectivity index (χ1) is 14.5.